The van der Waals surface area contributed by atoms with Crippen LogP contribution in [0.15, 0.2) is 42.1 Å². The quantitative estimate of drug-likeness (QED) is 0.594. The predicted molar refractivity (Wildman–Crippen MR) is 126 cm³/mol. The smallest absolute Gasteiger partial charge is 0.282 e. The molecule has 1 fully saturated rings. The average molecular weight is 437 g/mol. The summed E-state index contributed by atoms with van der Waals surface area (Å²) in [5, 5.41) is 0.502. The van der Waals surface area contributed by atoms with Crippen LogP contribution in [0.4, 0.5) is 5.69 Å². The molecule has 0 radical (unpaired) electrons. The molecular weight excluding hydrogens is 408 g/mol. The van der Waals surface area contributed by atoms with Gasteiger partial charge in [-0.1, -0.05) is 49.7 Å². The molecule has 1 saturated heterocycles. The second-order valence-corrected chi connectivity index (χ2v) is 9.69. The van der Waals surface area contributed by atoms with Gasteiger partial charge in [0.05, 0.1) is 11.3 Å². The summed E-state index contributed by atoms with van der Waals surface area (Å²) in [4.78, 5) is 31.0. The first-order valence-electron chi connectivity index (χ1n) is 10.9. The molecule has 0 spiro atoms. The number of carbonyl (C=O) groups is 2. The highest BCUT2D eigenvalue weighted by molar-refractivity contribution is 6.45. The van der Waals surface area contributed by atoms with Gasteiger partial charge in [0.25, 0.3) is 11.8 Å². The molecule has 2 unspecified atom stereocenters. The number of carbonyl (C=O) groups excluding carboxylic acids is 2. The molecule has 2 aromatic carbocycles. The molecule has 2 aliphatic rings. The van der Waals surface area contributed by atoms with Crippen molar-refractivity contribution in [2.45, 2.75) is 41.0 Å². The van der Waals surface area contributed by atoms with Crippen LogP contribution in [0.25, 0.3) is 5.57 Å². The third-order valence-corrected chi connectivity index (χ3v) is 6.69. The molecule has 5 heteroatoms. The van der Waals surface area contributed by atoms with Gasteiger partial charge in [0.1, 0.15) is 5.70 Å². The maximum absolute atomic E-state index is 13.8. The molecule has 0 N–H and O–H groups in total. The Morgan fingerprint density at radius 3 is 2.13 bits per heavy atom. The molecule has 2 aromatic rings. The lowest BCUT2D eigenvalue weighted by Gasteiger charge is -2.37. The molecule has 0 bridgehead atoms. The number of piperidine rings is 1. The van der Waals surface area contributed by atoms with Crippen molar-refractivity contribution in [3.8, 4) is 0 Å². The van der Waals surface area contributed by atoms with Gasteiger partial charge >= 0.3 is 0 Å². The molecule has 2 atom stereocenters. The number of aryl methyl sites for hydroxylation is 3. The molecule has 0 aliphatic carbocycles. The summed E-state index contributed by atoms with van der Waals surface area (Å²) in [6, 6.07) is 11.3. The number of benzene rings is 2. The Hall–Kier alpha value is -2.59. The highest BCUT2D eigenvalue weighted by atomic mass is 35.5. The van der Waals surface area contributed by atoms with Crippen LogP contribution < -0.4 is 4.90 Å². The van der Waals surface area contributed by atoms with Gasteiger partial charge in [0.2, 0.25) is 0 Å². The van der Waals surface area contributed by atoms with Crippen molar-refractivity contribution in [2.24, 2.45) is 11.8 Å². The molecule has 0 aromatic heterocycles. The van der Waals surface area contributed by atoms with Crippen molar-refractivity contribution < 1.29 is 9.59 Å². The van der Waals surface area contributed by atoms with Gasteiger partial charge < -0.3 is 4.90 Å². The average Bonchev–Trinajstić information content (AvgIpc) is 2.95. The van der Waals surface area contributed by atoms with Gasteiger partial charge in [-0.15, -0.1) is 0 Å². The van der Waals surface area contributed by atoms with Gasteiger partial charge in [-0.3, -0.25) is 9.59 Å². The van der Waals surface area contributed by atoms with E-state index in [1.54, 1.807) is 12.1 Å². The summed E-state index contributed by atoms with van der Waals surface area (Å²) in [7, 11) is 0. The van der Waals surface area contributed by atoms with E-state index in [0.29, 0.717) is 33.8 Å². The van der Waals surface area contributed by atoms with Crippen LogP contribution in [0, 0.1) is 32.6 Å². The number of likely N-dealkylation sites (tertiary alicyclic amines) is 1. The monoisotopic (exact) mass is 436 g/mol. The molecule has 0 saturated carbocycles. The van der Waals surface area contributed by atoms with Crippen molar-refractivity contribution in [1.82, 2.24) is 4.90 Å². The maximum Gasteiger partial charge on any atom is 0.282 e. The molecule has 2 amide bonds. The fraction of sp³-hybridized carbons (Fsp3) is 0.385. The standard InChI is InChI=1S/C26H29ClN2O2/c1-15-10-16(2)14-28(13-15)24-23(20-8-6-17(3)19(5)11-20)25(30)29(26(24)31)22-12-21(27)9-7-18(22)4/h6-9,11-12,15-16H,10,13-14H2,1-5H3. The van der Waals surface area contributed by atoms with E-state index >= 15 is 0 Å². The molecule has 162 valence electrons. The first kappa shape index (κ1) is 21.6. The summed E-state index contributed by atoms with van der Waals surface area (Å²) in [5.41, 5.74) is 5.46. The fourth-order valence-corrected chi connectivity index (χ4v) is 5.02. The van der Waals surface area contributed by atoms with E-state index in [0.717, 1.165) is 41.8 Å². The van der Waals surface area contributed by atoms with Crippen molar-refractivity contribution >= 4 is 34.7 Å². The lowest BCUT2D eigenvalue weighted by molar-refractivity contribution is -0.120. The van der Waals surface area contributed by atoms with Gasteiger partial charge in [0.15, 0.2) is 0 Å². The van der Waals surface area contributed by atoms with Gasteiger partial charge in [-0.2, -0.15) is 0 Å². The zero-order valence-corrected chi connectivity index (χ0v) is 19.6. The molecule has 31 heavy (non-hydrogen) atoms. The van der Waals surface area contributed by atoms with E-state index in [4.69, 9.17) is 11.6 Å². The summed E-state index contributed by atoms with van der Waals surface area (Å²) in [6.07, 6.45) is 1.13. The van der Waals surface area contributed by atoms with Crippen LogP contribution in [0.5, 0.6) is 0 Å². The number of anilines is 1. The Balaban J connectivity index is 1.89. The van der Waals surface area contributed by atoms with Crippen molar-refractivity contribution in [2.75, 3.05) is 18.0 Å². The van der Waals surface area contributed by atoms with E-state index < -0.39 is 0 Å². The van der Waals surface area contributed by atoms with Crippen LogP contribution >= 0.6 is 11.6 Å². The minimum Gasteiger partial charge on any atom is -0.366 e. The van der Waals surface area contributed by atoms with E-state index in [2.05, 4.69) is 18.7 Å². The van der Waals surface area contributed by atoms with Gasteiger partial charge in [-0.25, -0.2) is 4.90 Å². The Morgan fingerprint density at radius 1 is 0.839 bits per heavy atom. The molecule has 4 nitrogen and oxygen atoms in total. The highest BCUT2D eigenvalue weighted by Crippen LogP contribution is 2.39. The Bertz CT molecular complexity index is 1090. The number of imide groups is 1. The normalized spacial score (nSPS) is 22.0. The van der Waals surface area contributed by atoms with Crippen LogP contribution in [0.2, 0.25) is 5.02 Å². The van der Waals surface area contributed by atoms with E-state index in [1.807, 2.05) is 45.0 Å². The van der Waals surface area contributed by atoms with Gasteiger partial charge in [0, 0.05) is 18.1 Å². The number of hydrogen-bond acceptors (Lipinski definition) is 3. The highest BCUT2D eigenvalue weighted by Gasteiger charge is 2.44. The van der Waals surface area contributed by atoms with Crippen molar-refractivity contribution in [3.63, 3.8) is 0 Å². The maximum atomic E-state index is 13.8. The zero-order valence-electron chi connectivity index (χ0n) is 18.8. The Morgan fingerprint density at radius 2 is 1.48 bits per heavy atom. The minimum atomic E-state index is -0.278. The first-order valence-corrected chi connectivity index (χ1v) is 11.3. The summed E-state index contributed by atoms with van der Waals surface area (Å²) in [5.74, 6) is 0.383. The third kappa shape index (κ3) is 3.89. The SMILES string of the molecule is Cc1ccc(C2=C(N3CC(C)CC(C)C3)C(=O)N(c3cc(Cl)ccc3C)C2=O)cc1C. The van der Waals surface area contributed by atoms with Crippen LogP contribution in [-0.2, 0) is 9.59 Å². The van der Waals surface area contributed by atoms with E-state index in [-0.39, 0.29) is 11.8 Å². The Kier molecular flexibility index (Phi) is 5.69. The summed E-state index contributed by atoms with van der Waals surface area (Å²) >= 11 is 6.23. The third-order valence-electron chi connectivity index (χ3n) is 6.45. The van der Waals surface area contributed by atoms with E-state index in [9.17, 15) is 9.59 Å². The number of amides is 2. The summed E-state index contributed by atoms with van der Waals surface area (Å²) in [6.45, 7) is 11.9. The van der Waals surface area contributed by atoms with E-state index in [1.165, 1.54) is 4.90 Å². The molecule has 2 aliphatic heterocycles. The first-order chi connectivity index (χ1) is 14.7. The zero-order chi connectivity index (χ0) is 22.4. The number of halogens is 1. The fourth-order valence-electron chi connectivity index (χ4n) is 4.86. The topological polar surface area (TPSA) is 40.6 Å². The molecule has 4 rings (SSSR count). The minimum absolute atomic E-state index is 0.259. The lowest BCUT2D eigenvalue weighted by atomic mass is 9.90. The van der Waals surface area contributed by atoms with Gasteiger partial charge in [-0.05, 0) is 73.4 Å². The molecular formula is C26H29ClN2O2. The number of hydrogen-bond donors (Lipinski definition) is 0. The number of rotatable bonds is 3. The lowest BCUT2D eigenvalue weighted by Crippen LogP contribution is -2.42. The second kappa shape index (κ2) is 8.16. The Labute approximate surface area is 189 Å². The molecule has 2 heterocycles. The van der Waals surface area contributed by atoms with Crippen LogP contribution in [0.3, 0.4) is 0 Å². The number of nitrogens with zero attached hydrogens (tertiary/aromatic N) is 2. The van der Waals surface area contributed by atoms with Crippen molar-refractivity contribution in [1.29, 1.82) is 0 Å². The summed E-state index contributed by atoms with van der Waals surface area (Å²) < 4.78 is 0. The van der Waals surface area contributed by atoms with Crippen LogP contribution in [0.1, 0.15) is 42.5 Å². The predicted octanol–water partition coefficient (Wildman–Crippen LogP) is 5.53. The largest absolute Gasteiger partial charge is 0.366 e. The van der Waals surface area contributed by atoms with Crippen LogP contribution in [-0.4, -0.2) is 29.8 Å². The van der Waals surface area contributed by atoms with Crippen molar-refractivity contribution in [3.05, 3.63) is 69.4 Å². The second-order valence-electron chi connectivity index (χ2n) is 9.25.